The Morgan fingerprint density at radius 1 is 1.08 bits per heavy atom. The number of rotatable bonds is 1. The van der Waals surface area contributed by atoms with Crippen molar-refractivity contribution in [3.05, 3.63) is 53.1 Å². The molecule has 25 heavy (non-hydrogen) atoms. The van der Waals surface area contributed by atoms with E-state index in [1.165, 1.54) is 27.7 Å². The number of nitrogens with zero attached hydrogens (tertiary/aromatic N) is 2. The van der Waals surface area contributed by atoms with Crippen LogP contribution in [-0.4, -0.2) is 35.7 Å². The summed E-state index contributed by atoms with van der Waals surface area (Å²) < 4.78 is 0. The highest BCUT2D eigenvalue weighted by molar-refractivity contribution is 6.05. The van der Waals surface area contributed by atoms with Gasteiger partial charge in [0.15, 0.2) is 0 Å². The fourth-order valence-electron chi connectivity index (χ4n) is 4.38. The minimum atomic E-state index is -0.347. The number of hydrogen-bond acceptors (Lipinski definition) is 4. The summed E-state index contributed by atoms with van der Waals surface area (Å²) in [7, 11) is 0. The molecule has 3 aliphatic rings. The first kappa shape index (κ1) is 14.7. The average Bonchev–Trinajstić information content (AvgIpc) is 3.15. The number of fused-ring (bicyclic) bond motifs is 4. The van der Waals surface area contributed by atoms with Crippen LogP contribution in [0.4, 0.5) is 5.69 Å². The van der Waals surface area contributed by atoms with E-state index in [1.54, 1.807) is 6.07 Å². The second-order valence-electron chi connectivity index (χ2n) is 6.93. The number of benzene rings is 2. The molecule has 0 radical (unpaired) electrons. The molecule has 0 fully saturated rings. The van der Waals surface area contributed by atoms with E-state index in [1.807, 2.05) is 17.3 Å². The Kier molecular flexibility index (Phi) is 3.22. The van der Waals surface area contributed by atoms with Crippen molar-refractivity contribution in [1.82, 2.24) is 0 Å². The second kappa shape index (κ2) is 5.46. The number of phenolic OH excluding ortho intramolecular Hbond substituents is 1. The highest BCUT2D eigenvalue weighted by Crippen LogP contribution is 2.43. The van der Waals surface area contributed by atoms with Crippen molar-refractivity contribution in [2.45, 2.75) is 25.4 Å². The lowest BCUT2D eigenvalue weighted by molar-refractivity contribution is 0.209. The molecule has 1 unspecified atom stereocenters. The van der Waals surface area contributed by atoms with Crippen molar-refractivity contribution >= 4 is 28.4 Å². The van der Waals surface area contributed by atoms with Gasteiger partial charge in [-0.05, 0) is 53.0 Å². The molecule has 0 saturated carbocycles. The fraction of sp³-hybridized carbons (Fsp3) is 0.286. The Morgan fingerprint density at radius 3 is 2.80 bits per heavy atom. The van der Waals surface area contributed by atoms with E-state index in [2.05, 4.69) is 29.3 Å². The number of phenols is 1. The van der Waals surface area contributed by atoms with Crippen LogP contribution in [-0.2, 0) is 6.42 Å². The third-order valence-electron chi connectivity index (χ3n) is 5.57. The van der Waals surface area contributed by atoms with Crippen LogP contribution in [0.2, 0.25) is 0 Å². The van der Waals surface area contributed by atoms with E-state index >= 15 is 0 Å². The second-order valence-corrected chi connectivity index (χ2v) is 6.93. The maximum absolute atomic E-state index is 10.4. The molecule has 1 atom stereocenters. The Balaban J connectivity index is 1.75. The summed E-state index contributed by atoms with van der Waals surface area (Å²) in [5.41, 5.74) is 5.72. The molecule has 0 bridgehead atoms. The van der Waals surface area contributed by atoms with Crippen LogP contribution >= 0.6 is 0 Å². The maximum atomic E-state index is 10.4. The minimum absolute atomic E-state index is 0.296. The van der Waals surface area contributed by atoms with Gasteiger partial charge in [0.1, 0.15) is 5.75 Å². The largest absolute Gasteiger partial charge is 0.506 e. The smallest absolute Gasteiger partial charge is 0.139 e. The van der Waals surface area contributed by atoms with Gasteiger partial charge in [-0.2, -0.15) is 0 Å². The first-order chi connectivity index (χ1) is 12.2. The van der Waals surface area contributed by atoms with Crippen LogP contribution in [0.25, 0.3) is 16.3 Å². The van der Waals surface area contributed by atoms with Gasteiger partial charge in [0.05, 0.1) is 24.7 Å². The lowest BCUT2D eigenvalue weighted by atomic mass is 9.78. The van der Waals surface area contributed by atoms with E-state index in [4.69, 9.17) is 0 Å². The van der Waals surface area contributed by atoms with Crippen molar-refractivity contribution in [2.24, 2.45) is 4.99 Å². The van der Waals surface area contributed by atoms with Crippen molar-refractivity contribution < 1.29 is 10.2 Å². The van der Waals surface area contributed by atoms with E-state index in [9.17, 15) is 10.2 Å². The fourth-order valence-corrected chi connectivity index (χ4v) is 4.38. The van der Waals surface area contributed by atoms with Crippen LogP contribution in [0.1, 0.15) is 24.0 Å². The zero-order valence-corrected chi connectivity index (χ0v) is 13.9. The summed E-state index contributed by atoms with van der Waals surface area (Å²) in [4.78, 5) is 6.31. The number of aliphatic hydroxyl groups excluding tert-OH is 1. The van der Waals surface area contributed by atoms with Crippen LogP contribution in [0.5, 0.6) is 5.75 Å². The highest BCUT2D eigenvalue weighted by Gasteiger charge is 2.26. The molecule has 2 aromatic carbocycles. The predicted octanol–water partition coefficient (Wildman–Crippen LogP) is 3.41. The average molecular weight is 332 g/mol. The summed E-state index contributed by atoms with van der Waals surface area (Å²) in [6, 6.07) is 8.05. The van der Waals surface area contributed by atoms with Crippen LogP contribution < -0.4 is 4.90 Å². The Bertz CT molecular complexity index is 972. The molecule has 1 aliphatic heterocycles. The maximum Gasteiger partial charge on any atom is 0.139 e. The zero-order valence-electron chi connectivity index (χ0n) is 13.9. The molecule has 2 aromatic rings. The van der Waals surface area contributed by atoms with Crippen LogP contribution in [0.3, 0.4) is 0 Å². The third-order valence-corrected chi connectivity index (χ3v) is 5.57. The molecule has 4 nitrogen and oxygen atoms in total. The van der Waals surface area contributed by atoms with E-state index in [0.717, 1.165) is 37.0 Å². The first-order valence-corrected chi connectivity index (χ1v) is 8.86. The van der Waals surface area contributed by atoms with Crippen molar-refractivity contribution in [3.63, 3.8) is 0 Å². The summed E-state index contributed by atoms with van der Waals surface area (Å²) >= 11 is 0. The van der Waals surface area contributed by atoms with Gasteiger partial charge in [-0.1, -0.05) is 30.4 Å². The molecular formula is C21H20N2O2. The molecule has 2 aliphatic carbocycles. The molecule has 4 heteroatoms. The number of aliphatic imine (C=N–C) groups is 1. The summed E-state index contributed by atoms with van der Waals surface area (Å²) in [6.45, 7) is 1.56. The summed E-state index contributed by atoms with van der Waals surface area (Å²) in [5.74, 6) is 0.296. The SMILES string of the molecule is Oc1ccc2c3c(ccc2c1N1C=NCC1)C1=C(CC3)C(O)CC=C1. The molecule has 2 N–H and O–H groups in total. The molecule has 1 heterocycles. The summed E-state index contributed by atoms with van der Waals surface area (Å²) in [6.07, 6.45) is 8.22. The number of aromatic hydroxyl groups is 1. The van der Waals surface area contributed by atoms with Crippen molar-refractivity contribution in [2.75, 3.05) is 18.0 Å². The Hall–Kier alpha value is -2.59. The number of aryl methyl sites for hydroxylation is 1. The van der Waals surface area contributed by atoms with Gasteiger partial charge in [-0.15, -0.1) is 0 Å². The molecular weight excluding hydrogens is 312 g/mol. The Morgan fingerprint density at radius 2 is 1.96 bits per heavy atom. The van der Waals surface area contributed by atoms with Gasteiger partial charge >= 0.3 is 0 Å². The topological polar surface area (TPSA) is 56.1 Å². The minimum Gasteiger partial charge on any atom is -0.506 e. The molecule has 126 valence electrons. The summed E-state index contributed by atoms with van der Waals surface area (Å²) in [5, 5.41) is 23.0. The van der Waals surface area contributed by atoms with Gasteiger partial charge in [0.25, 0.3) is 0 Å². The number of anilines is 1. The quantitative estimate of drug-likeness (QED) is 0.841. The monoisotopic (exact) mass is 332 g/mol. The molecule has 0 spiro atoms. The normalized spacial score (nSPS) is 21.8. The molecule has 0 aromatic heterocycles. The Labute approximate surface area is 146 Å². The molecule has 5 rings (SSSR count). The van der Waals surface area contributed by atoms with Crippen molar-refractivity contribution in [1.29, 1.82) is 0 Å². The van der Waals surface area contributed by atoms with Gasteiger partial charge in [0, 0.05) is 11.9 Å². The standard InChI is InChI=1S/C21H20N2O2/c24-19-3-1-2-13-14-5-7-18-16(15(14)4-6-17(13)19)8-9-20(25)21(18)23-11-10-22-12-23/h1-2,5,7-9,12,19,24-25H,3-4,6,10-11H2. The lowest BCUT2D eigenvalue weighted by Crippen LogP contribution is -2.20. The molecule has 0 saturated heterocycles. The van der Waals surface area contributed by atoms with Gasteiger partial charge in [0.2, 0.25) is 0 Å². The van der Waals surface area contributed by atoms with Gasteiger partial charge in [-0.25, -0.2) is 0 Å². The molecule has 0 amide bonds. The predicted molar refractivity (Wildman–Crippen MR) is 101 cm³/mol. The number of hydrogen-bond donors (Lipinski definition) is 2. The third kappa shape index (κ3) is 2.14. The van der Waals surface area contributed by atoms with E-state index in [0.29, 0.717) is 12.2 Å². The highest BCUT2D eigenvalue weighted by atomic mass is 16.3. The number of allylic oxidation sites excluding steroid dienone is 2. The number of aliphatic hydroxyl groups is 1. The van der Waals surface area contributed by atoms with Crippen molar-refractivity contribution in [3.8, 4) is 5.75 Å². The van der Waals surface area contributed by atoms with E-state index < -0.39 is 0 Å². The first-order valence-electron chi connectivity index (χ1n) is 8.86. The van der Waals surface area contributed by atoms with Crippen LogP contribution in [0.15, 0.2) is 47.0 Å². The zero-order chi connectivity index (χ0) is 17.0. The van der Waals surface area contributed by atoms with Gasteiger partial charge in [-0.3, -0.25) is 4.99 Å². The lowest BCUT2D eigenvalue weighted by Gasteiger charge is -2.29. The van der Waals surface area contributed by atoms with E-state index in [-0.39, 0.29) is 6.10 Å². The van der Waals surface area contributed by atoms with Gasteiger partial charge < -0.3 is 15.1 Å². The van der Waals surface area contributed by atoms with Crippen LogP contribution in [0, 0.1) is 0 Å².